The molecule has 1 aliphatic heterocycles. The molecule has 0 aromatic rings. The van der Waals surface area contributed by atoms with Gasteiger partial charge in [0.1, 0.15) is 0 Å². The van der Waals surface area contributed by atoms with Crippen LogP contribution in [0.3, 0.4) is 0 Å². The van der Waals surface area contributed by atoms with Crippen molar-refractivity contribution in [3.8, 4) is 0 Å². The Balaban J connectivity index is 2.32. The number of hydrogen-bond acceptors (Lipinski definition) is 3. The van der Waals surface area contributed by atoms with Crippen LogP contribution in [-0.2, 0) is 9.59 Å². The van der Waals surface area contributed by atoms with Gasteiger partial charge in [-0.15, -0.1) is 0 Å². The van der Waals surface area contributed by atoms with Crippen LogP contribution in [0.5, 0.6) is 0 Å². The molecule has 0 radical (unpaired) electrons. The van der Waals surface area contributed by atoms with E-state index in [0.717, 1.165) is 0 Å². The van der Waals surface area contributed by atoms with Crippen molar-refractivity contribution in [2.75, 3.05) is 0 Å². The molecule has 2 aliphatic rings. The number of nitrogens with two attached hydrogens (primary N) is 1. The van der Waals surface area contributed by atoms with Crippen LogP contribution in [-0.4, -0.2) is 27.2 Å². The molecule has 0 aromatic heterocycles. The summed E-state index contributed by atoms with van der Waals surface area (Å²) in [7, 11) is 0. The number of carbonyl (C=O) groups excluding carboxylic acids is 2. The number of amides is 2. The molecule has 2 N–H and O–H groups in total. The molecule has 76 valence electrons. The highest BCUT2D eigenvalue weighted by molar-refractivity contribution is 7.80. The lowest BCUT2D eigenvalue weighted by atomic mass is 10.0. The molecule has 14 heavy (non-hydrogen) atoms. The van der Waals surface area contributed by atoms with Crippen LogP contribution in [0, 0.1) is 11.8 Å². The van der Waals surface area contributed by atoms with Gasteiger partial charge in [-0.1, -0.05) is 12.2 Å². The fraction of sp³-hybridized carbons (Fsp3) is 0.667. The Morgan fingerprint density at radius 2 is 1.86 bits per heavy atom. The van der Waals surface area contributed by atoms with Gasteiger partial charge in [-0.3, -0.25) is 14.5 Å². The zero-order valence-electron chi connectivity index (χ0n) is 8.11. The maximum absolute atomic E-state index is 11.7. The van der Waals surface area contributed by atoms with E-state index in [0.29, 0.717) is 6.42 Å². The molecular weight excluding hydrogens is 200 g/mol. The fourth-order valence-corrected chi connectivity index (χ4v) is 1.93. The number of carbonyl (C=O) groups is 2. The summed E-state index contributed by atoms with van der Waals surface area (Å²) in [5.74, 6) is -0.400. The molecule has 2 atom stereocenters. The Morgan fingerprint density at radius 3 is 2.21 bits per heavy atom. The number of hydrogen-bond donors (Lipinski definition) is 1. The van der Waals surface area contributed by atoms with Crippen LogP contribution < -0.4 is 5.73 Å². The fourth-order valence-electron chi connectivity index (χ4n) is 1.84. The lowest BCUT2D eigenvalue weighted by molar-refractivity contribution is -0.145. The third kappa shape index (κ3) is 1.02. The standard InChI is InChI=1S/C9H12N2O2S/c1-9(2,8(10)14)11-6(12)4-3-5(4)7(11)13/h4-5H,3H2,1-2H3,(H2,10,14). The number of piperidine rings is 1. The molecule has 0 aromatic carbocycles. The molecule has 0 bridgehead atoms. The van der Waals surface area contributed by atoms with Gasteiger partial charge >= 0.3 is 0 Å². The van der Waals surface area contributed by atoms with Crippen molar-refractivity contribution < 1.29 is 9.59 Å². The van der Waals surface area contributed by atoms with Gasteiger partial charge in [-0.05, 0) is 20.3 Å². The summed E-state index contributed by atoms with van der Waals surface area (Å²) in [6, 6.07) is 0. The first kappa shape index (κ1) is 9.58. The van der Waals surface area contributed by atoms with Crippen LogP contribution >= 0.6 is 12.2 Å². The number of fused-ring (bicyclic) bond motifs is 1. The second kappa shape index (κ2) is 2.53. The van der Waals surface area contributed by atoms with E-state index >= 15 is 0 Å². The maximum Gasteiger partial charge on any atom is 0.233 e. The Labute approximate surface area is 87.4 Å². The van der Waals surface area contributed by atoms with Crippen molar-refractivity contribution >= 4 is 29.0 Å². The van der Waals surface area contributed by atoms with E-state index in [2.05, 4.69) is 0 Å². The van der Waals surface area contributed by atoms with Crippen LogP contribution in [0.15, 0.2) is 0 Å². The smallest absolute Gasteiger partial charge is 0.233 e. The van der Waals surface area contributed by atoms with Crippen LogP contribution in [0.25, 0.3) is 0 Å². The van der Waals surface area contributed by atoms with Crippen molar-refractivity contribution in [3.63, 3.8) is 0 Å². The Morgan fingerprint density at radius 1 is 1.43 bits per heavy atom. The monoisotopic (exact) mass is 212 g/mol. The summed E-state index contributed by atoms with van der Waals surface area (Å²) >= 11 is 4.86. The van der Waals surface area contributed by atoms with Crippen LogP contribution in [0.4, 0.5) is 0 Å². The quantitative estimate of drug-likeness (QED) is 0.519. The van der Waals surface area contributed by atoms with Crippen molar-refractivity contribution in [2.24, 2.45) is 17.6 Å². The highest BCUT2D eigenvalue weighted by Crippen LogP contribution is 2.49. The summed E-state index contributed by atoms with van der Waals surface area (Å²) in [5.41, 5.74) is 4.70. The second-order valence-corrected chi connectivity index (χ2v) is 4.82. The zero-order valence-corrected chi connectivity index (χ0v) is 8.93. The summed E-state index contributed by atoms with van der Waals surface area (Å²) in [4.78, 5) is 24.8. The van der Waals surface area contributed by atoms with Gasteiger partial charge in [0.2, 0.25) is 11.8 Å². The number of nitrogens with zero attached hydrogens (tertiary/aromatic N) is 1. The molecule has 0 spiro atoms. The van der Waals surface area contributed by atoms with Crippen LogP contribution in [0.2, 0.25) is 0 Å². The number of thiocarbonyl (C=S) groups is 1. The molecule has 1 saturated heterocycles. The molecule has 1 saturated carbocycles. The highest BCUT2D eigenvalue weighted by Gasteiger charge is 2.62. The van der Waals surface area contributed by atoms with E-state index in [1.165, 1.54) is 4.90 Å². The van der Waals surface area contributed by atoms with Gasteiger partial charge in [-0.25, -0.2) is 0 Å². The molecule has 2 fully saturated rings. The first-order chi connectivity index (χ1) is 6.37. The van der Waals surface area contributed by atoms with Gasteiger partial charge in [0, 0.05) is 0 Å². The van der Waals surface area contributed by atoms with Gasteiger partial charge in [0.05, 0.1) is 22.4 Å². The zero-order chi connectivity index (χ0) is 10.7. The minimum atomic E-state index is -0.822. The van der Waals surface area contributed by atoms with E-state index < -0.39 is 5.54 Å². The molecule has 2 amide bonds. The van der Waals surface area contributed by atoms with Crippen molar-refractivity contribution in [1.82, 2.24) is 4.90 Å². The molecule has 1 heterocycles. The summed E-state index contributed by atoms with van der Waals surface area (Å²) in [5, 5.41) is 0. The Bertz CT molecular complexity index is 331. The first-order valence-corrected chi connectivity index (χ1v) is 4.96. The van der Waals surface area contributed by atoms with E-state index in [1.54, 1.807) is 13.8 Å². The van der Waals surface area contributed by atoms with Crippen molar-refractivity contribution in [1.29, 1.82) is 0 Å². The lowest BCUT2D eigenvalue weighted by Gasteiger charge is -2.33. The van der Waals surface area contributed by atoms with Crippen LogP contribution in [0.1, 0.15) is 20.3 Å². The summed E-state index contributed by atoms with van der Waals surface area (Å²) in [6.45, 7) is 3.41. The summed E-state index contributed by atoms with van der Waals surface area (Å²) in [6.07, 6.45) is 0.710. The molecule has 5 heteroatoms. The van der Waals surface area contributed by atoms with E-state index in [9.17, 15) is 9.59 Å². The number of likely N-dealkylation sites (tertiary alicyclic amines) is 1. The van der Waals surface area contributed by atoms with Gasteiger partial charge in [-0.2, -0.15) is 0 Å². The van der Waals surface area contributed by atoms with Gasteiger partial charge in [0.25, 0.3) is 0 Å². The normalized spacial score (nSPS) is 30.6. The van der Waals surface area contributed by atoms with Crippen molar-refractivity contribution in [3.05, 3.63) is 0 Å². The Kier molecular flexibility index (Phi) is 1.73. The van der Waals surface area contributed by atoms with Gasteiger partial charge in [0.15, 0.2) is 0 Å². The molecule has 2 rings (SSSR count). The average molecular weight is 212 g/mol. The first-order valence-electron chi connectivity index (χ1n) is 4.55. The maximum atomic E-state index is 11.7. The number of imide groups is 1. The molecule has 1 aliphatic carbocycles. The van der Waals surface area contributed by atoms with Gasteiger partial charge < -0.3 is 5.73 Å². The van der Waals surface area contributed by atoms with Crippen molar-refractivity contribution in [2.45, 2.75) is 25.8 Å². The highest BCUT2D eigenvalue weighted by atomic mass is 32.1. The van der Waals surface area contributed by atoms with E-state index in [4.69, 9.17) is 18.0 Å². The molecule has 2 unspecified atom stereocenters. The molecular formula is C9H12N2O2S. The molecule has 4 nitrogen and oxygen atoms in total. The summed E-state index contributed by atoms with van der Waals surface area (Å²) < 4.78 is 0. The third-order valence-electron chi connectivity index (χ3n) is 3.03. The topological polar surface area (TPSA) is 63.4 Å². The second-order valence-electron chi connectivity index (χ2n) is 4.38. The lowest BCUT2D eigenvalue weighted by Crippen LogP contribution is -2.56. The largest absolute Gasteiger partial charge is 0.391 e. The number of rotatable bonds is 2. The predicted molar refractivity (Wildman–Crippen MR) is 54.3 cm³/mol. The average Bonchev–Trinajstić information content (AvgIpc) is 2.77. The Hall–Kier alpha value is -0.970. The predicted octanol–water partition coefficient (Wildman–Crippen LogP) is 0.0560. The SMILES string of the molecule is CC(C)(C(N)=S)N1C(=O)C2CC2C1=O. The van der Waals surface area contributed by atoms with E-state index in [-0.39, 0.29) is 28.6 Å². The minimum Gasteiger partial charge on any atom is -0.391 e. The minimum absolute atomic E-state index is 0.0869. The third-order valence-corrected chi connectivity index (χ3v) is 3.53. The van der Waals surface area contributed by atoms with E-state index in [1.807, 2.05) is 0 Å².